The van der Waals surface area contributed by atoms with Gasteiger partial charge in [0, 0.05) is 5.69 Å². The van der Waals surface area contributed by atoms with Crippen LogP contribution in [0.1, 0.15) is 12.5 Å². The van der Waals surface area contributed by atoms with Crippen molar-refractivity contribution in [2.45, 2.75) is 6.92 Å². The first-order valence-electron chi connectivity index (χ1n) is 4.10. The highest BCUT2D eigenvalue weighted by Crippen LogP contribution is 2.06. The molecule has 1 rings (SSSR count). The van der Waals surface area contributed by atoms with Crippen molar-refractivity contribution >= 4 is 18.3 Å². The molecule has 0 aromatic heterocycles. The van der Waals surface area contributed by atoms with Gasteiger partial charge in [0.1, 0.15) is 5.56 Å². The minimum atomic E-state index is 0.523. The highest BCUT2D eigenvalue weighted by Gasteiger charge is 2.12. The third-order valence-corrected chi connectivity index (χ3v) is 1.56. The van der Waals surface area contributed by atoms with Crippen LogP contribution in [0, 0.1) is 0 Å². The zero-order chi connectivity index (χ0) is 9.68. The third kappa shape index (κ3) is 2.36. The summed E-state index contributed by atoms with van der Waals surface area (Å²) in [7, 11) is 0. The smallest absolute Gasteiger partial charge is 0.432 e. The zero-order valence-corrected chi connectivity index (χ0v) is 7.66. The molecule has 0 radical (unpaired) electrons. The molecular formula is C10H13N2O+. The van der Waals surface area contributed by atoms with Crippen molar-refractivity contribution in [2.75, 3.05) is 12.3 Å². The van der Waals surface area contributed by atoms with Crippen molar-refractivity contribution in [3.8, 4) is 0 Å². The predicted molar refractivity (Wildman–Crippen MR) is 55.8 cm³/mol. The highest BCUT2D eigenvalue weighted by atomic mass is 16.5. The van der Waals surface area contributed by atoms with Gasteiger partial charge in [-0.1, -0.05) is 10.7 Å². The first-order chi connectivity index (χ1) is 6.27. The van der Waals surface area contributed by atoms with Gasteiger partial charge in [0.15, 0.2) is 0 Å². The van der Waals surface area contributed by atoms with Gasteiger partial charge in [-0.15, -0.1) is 0 Å². The van der Waals surface area contributed by atoms with Crippen molar-refractivity contribution in [3.05, 3.63) is 29.8 Å². The lowest BCUT2D eigenvalue weighted by molar-refractivity contribution is 0.328. The number of ether oxygens (including phenoxy) is 1. The van der Waals surface area contributed by atoms with Gasteiger partial charge in [-0.25, -0.2) is 0 Å². The lowest BCUT2D eigenvalue weighted by Gasteiger charge is -1.97. The van der Waals surface area contributed by atoms with E-state index in [0.717, 1.165) is 5.56 Å². The lowest BCUT2D eigenvalue weighted by atomic mass is 10.2. The molecular weight excluding hydrogens is 164 g/mol. The fraction of sp³-hybridized carbons (Fsp3) is 0.200. The predicted octanol–water partition coefficient (Wildman–Crippen LogP) is 0.820. The summed E-state index contributed by atoms with van der Waals surface area (Å²) < 4.78 is 9.04. The maximum absolute atomic E-state index is 5.62. The van der Waals surface area contributed by atoms with Crippen LogP contribution in [0.4, 0.5) is 5.69 Å². The van der Waals surface area contributed by atoms with Gasteiger partial charge < -0.3 is 10.5 Å². The number of rotatable bonds is 2. The minimum Gasteiger partial charge on any atom is -0.432 e. The van der Waals surface area contributed by atoms with Crippen molar-refractivity contribution < 1.29 is 4.74 Å². The van der Waals surface area contributed by atoms with Gasteiger partial charge in [-0.2, -0.15) is 0 Å². The Morgan fingerprint density at radius 2 is 2.38 bits per heavy atom. The van der Waals surface area contributed by atoms with Gasteiger partial charge in [0.05, 0.1) is 6.61 Å². The van der Waals surface area contributed by atoms with Crippen LogP contribution in [0.2, 0.25) is 0 Å². The topological polar surface area (TPSA) is 49.4 Å². The number of nitrogen functional groups attached to an aromatic ring is 1. The maximum Gasteiger partial charge on any atom is 0.493 e. The number of benzene rings is 1. The van der Waals surface area contributed by atoms with Crippen LogP contribution >= 0.6 is 0 Å². The second kappa shape index (κ2) is 4.33. The Morgan fingerprint density at radius 3 is 2.92 bits per heavy atom. The molecule has 0 heterocycles. The Kier molecular flexibility index (Phi) is 3.12. The molecule has 3 heteroatoms. The summed E-state index contributed by atoms with van der Waals surface area (Å²) >= 11 is 0. The van der Waals surface area contributed by atoms with Crippen LogP contribution in [0.5, 0.6) is 0 Å². The molecule has 68 valence electrons. The van der Waals surface area contributed by atoms with Crippen LogP contribution in [0.3, 0.4) is 0 Å². The quantitative estimate of drug-likeness (QED) is 0.314. The van der Waals surface area contributed by atoms with Crippen LogP contribution < -0.4 is 10.4 Å². The highest BCUT2D eigenvalue weighted by molar-refractivity contribution is 5.94. The summed E-state index contributed by atoms with van der Waals surface area (Å²) in [6, 6.07) is 7.36. The van der Waals surface area contributed by atoms with E-state index in [0.29, 0.717) is 18.2 Å². The molecule has 0 atom stereocenters. The Balaban J connectivity index is 2.99. The average Bonchev–Trinajstić information content (AvgIpc) is 2.14. The first-order valence-corrected chi connectivity index (χ1v) is 4.10. The molecule has 3 nitrogen and oxygen atoms in total. The second-order valence-corrected chi connectivity index (χ2v) is 2.52. The lowest BCUT2D eigenvalue weighted by Crippen LogP contribution is -2.09. The van der Waals surface area contributed by atoms with Crippen LogP contribution in [-0.4, -0.2) is 19.2 Å². The molecule has 0 saturated heterocycles. The molecule has 1 aromatic carbocycles. The number of hydrogen-bond donors (Lipinski definition) is 1. The summed E-state index contributed by atoms with van der Waals surface area (Å²) in [5.41, 5.74) is 7.17. The van der Waals surface area contributed by atoms with E-state index in [4.69, 9.17) is 10.5 Å². The fourth-order valence-corrected chi connectivity index (χ4v) is 1.03. The van der Waals surface area contributed by atoms with Gasteiger partial charge in [0.2, 0.25) is 0 Å². The van der Waals surface area contributed by atoms with E-state index in [2.05, 4.69) is 11.4 Å². The SMILES string of the molecule is C=[N+]=C(OCC)c1cccc(N)c1. The summed E-state index contributed by atoms with van der Waals surface area (Å²) in [5.74, 6) is 0.523. The molecule has 0 amide bonds. The number of hydrogen-bond acceptors (Lipinski definition) is 2. The van der Waals surface area contributed by atoms with E-state index >= 15 is 0 Å². The maximum atomic E-state index is 5.62. The van der Waals surface area contributed by atoms with Crippen LogP contribution in [-0.2, 0) is 4.74 Å². The fourth-order valence-electron chi connectivity index (χ4n) is 1.03. The normalized spacial score (nSPS) is 9.00. The number of nitrogens with two attached hydrogens (primary N) is 1. The average molecular weight is 177 g/mol. The molecule has 2 N–H and O–H groups in total. The van der Waals surface area contributed by atoms with Crippen molar-refractivity contribution in [1.29, 1.82) is 0 Å². The van der Waals surface area contributed by atoms with E-state index in [-0.39, 0.29) is 0 Å². The van der Waals surface area contributed by atoms with E-state index in [1.807, 2.05) is 25.1 Å². The van der Waals surface area contributed by atoms with Gasteiger partial charge in [-0.05, 0) is 25.1 Å². The molecule has 0 aliphatic carbocycles. The van der Waals surface area contributed by atoms with Crippen molar-refractivity contribution in [3.63, 3.8) is 0 Å². The van der Waals surface area contributed by atoms with E-state index < -0.39 is 0 Å². The molecule has 13 heavy (non-hydrogen) atoms. The third-order valence-electron chi connectivity index (χ3n) is 1.56. The van der Waals surface area contributed by atoms with E-state index in [9.17, 15) is 0 Å². The largest absolute Gasteiger partial charge is 0.493 e. The van der Waals surface area contributed by atoms with E-state index in [1.165, 1.54) is 0 Å². The molecule has 0 spiro atoms. The first kappa shape index (κ1) is 9.36. The molecule has 0 saturated carbocycles. The molecule has 0 aliphatic rings. The van der Waals surface area contributed by atoms with Gasteiger partial charge >= 0.3 is 5.90 Å². The van der Waals surface area contributed by atoms with Crippen molar-refractivity contribution in [1.82, 2.24) is 4.67 Å². The molecule has 0 fully saturated rings. The van der Waals surface area contributed by atoms with E-state index in [1.54, 1.807) is 6.07 Å². The molecule has 0 bridgehead atoms. The Labute approximate surface area is 77.6 Å². The van der Waals surface area contributed by atoms with Gasteiger partial charge in [-0.3, -0.25) is 0 Å². The molecule has 0 aliphatic heterocycles. The van der Waals surface area contributed by atoms with Crippen LogP contribution in [0.25, 0.3) is 0 Å². The van der Waals surface area contributed by atoms with Crippen molar-refractivity contribution in [2.24, 2.45) is 0 Å². The second-order valence-electron chi connectivity index (χ2n) is 2.52. The monoisotopic (exact) mass is 177 g/mol. The van der Waals surface area contributed by atoms with Crippen LogP contribution in [0.15, 0.2) is 24.3 Å². The summed E-state index contributed by atoms with van der Waals surface area (Å²) in [5, 5.41) is 0. The summed E-state index contributed by atoms with van der Waals surface area (Å²) in [6.45, 7) is 5.91. The number of nitrogens with zero attached hydrogens (tertiary/aromatic N) is 1. The Bertz CT molecular complexity index is 341. The summed E-state index contributed by atoms with van der Waals surface area (Å²) in [4.78, 5) is 0. The summed E-state index contributed by atoms with van der Waals surface area (Å²) in [6.07, 6.45) is 0. The molecule has 0 unspecified atom stereocenters. The number of anilines is 1. The minimum absolute atomic E-state index is 0.523. The Morgan fingerprint density at radius 1 is 1.62 bits per heavy atom. The Hall–Kier alpha value is -1.73. The standard InChI is InChI=1S/C10H13N2O/c1-3-13-10(12-2)8-5-4-6-9(11)7-8/h4-7H,2-3,11H2,1H3/q+1. The van der Waals surface area contributed by atoms with Gasteiger partial charge in [0.25, 0.3) is 6.72 Å². The zero-order valence-electron chi connectivity index (χ0n) is 7.66. The molecule has 1 aromatic rings.